The number of rotatable bonds is 2. The minimum absolute atomic E-state index is 0. The maximum Gasteiger partial charge on any atom is 3.00 e. The van der Waals surface area contributed by atoms with Crippen LogP contribution in [0.4, 0.5) is 0 Å². The number of aliphatic hydroxyl groups is 2. The number of hydrogen-bond donors (Lipinski definition) is 2. The van der Waals surface area contributed by atoms with Crippen molar-refractivity contribution < 1.29 is 62.7 Å². The second-order valence-corrected chi connectivity index (χ2v) is 1.99. The van der Waals surface area contributed by atoms with Crippen LogP contribution in [0.5, 0.6) is 0 Å². The monoisotopic (exact) mass is 289 g/mol. The molecule has 6 N–H and O–H groups in total. The second-order valence-electron chi connectivity index (χ2n) is 1.99. The Balaban J connectivity index is -0.0000000250. The van der Waals surface area contributed by atoms with Crippen LogP contribution in [0.25, 0.3) is 0 Å². The fourth-order valence-corrected chi connectivity index (χ4v) is 0. The van der Waals surface area contributed by atoms with Gasteiger partial charge in [-0.15, -0.1) is 0 Å². The van der Waals surface area contributed by atoms with Crippen molar-refractivity contribution in [2.24, 2.45) is 0 Å². The van der Waals surface area contributed by atoms with Gasteiger partial charge in [-0.1, -0.05) is 0 Å². The van der Waals surface area contributed by atoms with E-state index in [0.29, 0.717) is 0 Å². The number of carboxylic acid groups (broad SMARTS) is 2. The maximum absolute atomic E-state index is 9.34. The van der Waals surface area contributed by atoms with E-state index in [-0.39, 0.29) is 50.0 Å². The topological polar surface area (TPSA) is 184 Å². The quantitative estimate of drug-likeness (QED) is 0.477. The molecule has 0 fully saturated rings. The van der Waals surface area contributed by atoms with E-state index in [9.17, 15) is 19.8 Å². The third-order valence-corrected chi connectivity index (χ3v) is 0.682. The van der Waals surface area contributed by atoms with Gasteiger partial charge in [0.2, 0.25) is 0 Å². The summed E-state index contributed by atoms with van der Waals surface area (Å²) in [5.41, 5.74) is 0. The second kappa shape index (κ2) is 20.4. The molecule has 0 saturated heterocycles. The van der Waals surface area contributed by atoms with E-state index in [0.717, 1.165) is 13.8 Å². The molecular formula is C6H14AlO8Ti+3. The zero-order valence-corrected chi connectivity index (χ0v) is 11.5. The first-order valence-electron chi connectivity index (χ1n) is 3.06. The van der Waals surface area contributed by atoms with E-state index in [1.165, 1.54) is 0 Å². The molecule has 0 aromatic rings. The standard InChI is InChI=1S/2C3H6O3.Al.2H2O.Ti/c2*1-2(4)3(5)6;;;;/h2*2,4H,1H3,(H,5,6);;2*1H2;/q;;+3;;;+2/p-2. The SMILES string of the molecule is CC(O)C(=O)[O-].CC(O)C(=O)[O-].O.O.[Al+3].[Ti+2]. The first kappa shape index (κ1) is 36.0. The number of carbonyl (C=O) groups is 2. The zero-order chi connectivity index (χ0) is 10.3. The number of carbonyl (C=O) groups excluding carboxylic acids is 2. The van der Waals surface area contributed by atoms with Crippen molar-refractivity contribution in [2.45, 2.75) is 26.1 Å². The fourth-order valence-electron chi connectivity index (χ4n) is 0. The van der Waals surface area contributed by atoms with Gasteiger partial charge >= 0.3 is 39.1 Å². The van der Waals surface area contributed by atoms with Gasteiger partial charge < -0.3 is 41.0 Å². The molecule has 0 aliphatic carbocycles. The van der Waals surface area contributed by atoms with Gasteiger partial charge in [-0.2, -0.15) is 0 Å². The minimum Gasteiger partial charge on any atom is -0.547 e. The van der Waals surface area contributed by atoms with Gasteiger partial charge in [-0.3, -0.25) is 0 Å². The third-order valence-electron chi connectivity index (χ3n) is 0.682. The summed E-state index contributed by atoms with van der Waals surface area (Å²) < 4.78 is 0. The molecule has 0 aliphatic heterocycles. The molecule has 0 aromatic carbocycles. The molecule has 16 heavy (non-hydrogen) atoms. The first-order valence-corrected chi connectivity index (χ1v) is 3.06. The van der Waals surface area contributed by atoms with Crippen LogP contribution in [0.2, 0.25) is 0 Å². The Kier molecular flexibility index (Phi) is 46.0. The van der Waals surface area contributed by atoms with E-state index in [1.807, 2.05) is 0 Å². The zero-order valence-electron chi connectivity index (χ0n) is 8.76. The number of aliphatic carboxylic acids is 2. The van der Waals surface area contributed by atoms with Crippen LogP contribution in [-0.2, 0) is 31.3 Å². The largest absolute Gasteiger partial charge is 3.00 e. The van der Waals surface area contributed by atoms with Crippen molar-refractivity contribution in [1.82, 2.24) is 0 Å². The summed E-state index contributed by atoms with van der Waals surface area (Å²) in [5.74, 6) is -2.87. The summed E-state index contributed by atoms with van der Waals surface area (Å²) in [5, 5.41) is 34.6. The molecule has 0 radical (unpaired) electrons. The summed E-state index contributed by atoms with van der Waals surface area (Å²) in [6, 6.07) is 0. The maximum atomic E-state index is 9.34. The van der Waals surface area contributed by atoms with Gasteiger partial charge in [0.1, 0.15) is 0 Å². The molecule has 0 rings (SSSR count). The van der Waals surface area contributed by atoms with Crippen LogP contribution >= 0.6 is 0 Å². The predicted molar refractivity (Wildman–Crippen MR) is 46.4 cm³/mol. The number of aliphatic hydroxyl groups excluding tert-OH is 2. The molecule has 2 unspecified atom stereocenters. The molecule has 0 saturated carbocycles. The Morgan fingerprint density at radius 3 is 1.00 bits per heavy atom. The van der Waals surface area contributed by atoms with E-state index >= 15 is 0 Å². The summed E-state index contributed by atoms with van der Waals surface area (Å²) in [6.07, 6.45) is -2.69. The van der Waals surface area contributed by atoms with Crippen molar-refractivity contribution in [3.05, 3.63) is 0 Å². The van der Waals surface area contributed by atoms with E-state index < -0.39 is 24.1 Å². The van der Waals surface area contributed by atoms with Crippen LogP contribution in [-0.4, -0.2) is 62.7 Å². The van der Waals surface area contributed by atoms with Crippen LogP contribution in [0.15, 0.2) is 0 Å². The Morgan fingerprint density at radius 1 is 0.938 bits per heavy atom. The van der Waals surface area contributed by atoms with Gasteiger partial charge in [0.05, 0.1) is 24.1 Å². The van der Waals surface area contributed by atoms with E-state index in [2.05, 4.69) is 0 Å². The van der Waals surface area contributed by atoms with Crippen LogP contribution < -0.4 is 10.2 Å². The van der Waals surface area contributed by atoms with Gasteiger partial charge in [-0.05, 0) is 13.8 Å². The fraction of sp³-hybridized carbons (Fsp3) is 0.667. The molecule has 0 heterocycles. The molecular weight excluding hydrogens is 275 g/mol. The van der Waals surface area contributed by atoms with Crippen molar-refractivity contribution in [3.8, 4) is 0 Å². The summed E-state index contributed by atoms with van der Waals surface area (Å²) >= 11 is 0. The third kappa shape index (κ3) is 36.9. The number of hydrogen-bond acceptors (Lipinski definition) is 6. The average molecular weight is 289 g/mol. The van der Waals surface area contributed by atoms with Crippen LogP contribution in [0.3, 0.4) is 0 Å². The van der Waals surface area contributed by atoms with Crippen molar-refractivity contribution in [3.63, 3.8) is 0 Å². The molecule has 0 bridgehead atoms. The number of carboxylic acids is 2. The van der Waals surface area contributed by atoms with Crippen molar-refractivity contribution in [2.75, 3.05) is 0 Å². The molecule has 8 nitrogen and oxygen atoms in total. The van der Waals surface area contributed by atoms with Crippen LogP contribution in [0.1, 0.15) is 13.8 Å². The Hall–Kier alpha value is 0.0268. The summed E-state index contributed by atoms with van der Waals surface area (Å²) in [6.45, 7) is 2.27. The molecule has 2 atom stereocenters. The van der Waals surface area contributed by atoms with Gasteiger partial charge in [0.25, 0.3) is 0 Å². The summed E-state index contributed by atoms with van der Waals surface area (Å²) in [4.78, 5) is 18.7. The molecule has 0 aromatic heterocycles. The van der Waals surface area contributed by atoms with Gasteiger partial charge in [-0.25, -0.2) is 0 Å². The normalized spacial score (nSPS) is 10.2. The Bertz CT molecular complexity index is 145. The Labute approximate surface area is 118 Å². The van der Waals surface area contributed by atoms with Crippen molar-refractivity contribution in [1.29, 1.82) is 0 Å². The van der Waals surface area contributed by atoms with Crippen molar-refractivity contribution >= 4 is 29.3 Å². The van der Waals surface area contributed by atoms with E-state index in [4.69, 9.17) is 10.2 Å². The van der Waals surface area contributed by atoms with Gasteiger partial charge in [0.15, 0.2) is 0 Å². The van der Waals surface area contributed by atoms with E-state index in [1.54, 1.807) is 0 Å². The Morgan fingerprint density at radius 2 is 1.00 bits per heavy atom. The molecule has 0 aliphatic rings. The van der Waals surface area contributed by atoms with Crippen LogP contribution in [0, 0.1) is 0 Å². The molecule has 0 spiro atoms. The molecule has 90 valence electrons. The summed E-state index contributed by atoms with van der Waals surface area (Å²) in [7, 11) is 0. The minimum atomic E-state index is -1.44. The van der Waals surface area contributed by atoms with Gasteiger partial charge in [0, 0.05) is 0 Å². The average Bonchev–Trinajstić information content (AvgIpc) is 1.88. The predicted octanol–water partition coefficient (Wildman–Crippen LogP) is -5.80. The smallest absolute Gasteiger partial charge is 0.547 e. The molecule has 10 heteroatoms. The first-order chi connectivity index (χ1) is 5.29. The molecule has 0 amide bonds.